The number of hydrogen-bond acceptors (Lipinski definition) is 9. The Labute approximate surface area is 197 Å². The summed E-state index contributed by atoms with van der Waals surface area (Å²) in [5, 5.41) is 0. The van der Waals surface area contributed by atoms with Gasteiger partial charge in [-0.25, -0.2) is 8.42 Å². The summed E-state index contributed by atoms with van der Waals surface area (Å²) in [6, 6.07) is 6.44. The number of hydrogen-bond donors (Lipinski definition) is 0. The maximum Gasteiger partial charge on any atom is 0.303 e. The van der Waals surface area contributed by atoms with Crippen LogP contribution < -0.4 is 0 Å². The van der Waals surface area contributed by atoms with Gasteiger partial charge in [0.05, 0.1) is 10.8 Å². The van der Waals surface area contributed by atoms with Crippen LogP contribution in [0, 0.1) is 18.8 Å². The second kappa shape index (κ2) is 10.1. The van der Waals surface area contributed by atoms with Crippen LogP contribution in [0.25, 0.3) is 0 Å². The summed E-state index contributed by atoms with van der Waals surface area (Å²) in [5.74, 6) is -4.06. The van der Waals surface area contributed by atoms with E-state index in [2.05, 4.69) is 0 Å². The molecule has 0 unspecified atom stereocenters. The maximum atomic E-state index is 13.2. The van der Waals surface area contributed by atoms with Crippen LogP contribution in [-0.4, -0.2) is 68.3 Å². The number of carbonyl (C=O) groups is 4. The molecule has 0 aromatic heterocycles. The molecule has 0 bridgehead atoms. The van der Waals surface area contributed by atoms with Gasteiger partial charge in [0.25, 0.3) is 0 Å². The topological polar surface area (TPSA) is 133 Å². The first-order valence-electron chi connectivity index (χ1n) is 10.7. The number of ether oxygens (including phenoxy) is 3. The first-order chi connectivity index (χ1) is 15.9. The Morgan fingerprint density at radius 2 is 1.65 bits per heavy atom. The maximum absolute atomic E-state index is 13.2. The standard InChI is InChI=1S/C23H27NO9S/c1-13-5-7-18(8-6-13)34(29,30)24-10-17-9-20(28)22(19(17)11-24)23(33-16(4)27)21(32-15(3)26)12-31-14(2)25/h5-9,19,21-23H,10-12H2,1-4H3/t19-,21-,22+,23-/m0/s1. The van der Waals surface area contributed by atoms with Gasteiger partial charge in [-0.2, -0.15) is 4.31 Å². The Morgan fingerprint density at radius 3 is 2.21 bits per heavy atom. The third-order valence-electron chi connectivity index (χ3n) is 5.77. The minimum absolute atomic E-state index is 0.0120. The molecule has 0 saturated carbocycles. The Bertz CT molecular complexity index is 1120. The quantitative estimate of drug-likeness (QED) is 0.386. The monoisotopic (exact) mass is 493 g/mol. The van der Waals surface area contributed by atoms with Crippen molar-refractivity contribution in [3.63, 3.8) is 0 Å². The third-order valence-corrected chi connectivity index (χ3v) is 7.60. The third kappa shape index (κ3) is 5.53. The second-order valence-electron chi connectivity index (χ2n) is 8.39. The molecule has 1 heterocycles. The summed E-state index contributed by atoms with van der Waals surface area (Å²) in [7, 11) is -3.83. The zero-order valence-corrected chi connectivity index (χ0v) is 20.2. The first kappa shape index (κ1) is 25.6. The molecule has 1 fully saturated rings. The zero-order chi connectivity index (χ0) is 25.2. The van der Waals surface area contributed by atoms with Crippen LogP contribution in [0.2, 0.25) is 0 Å². The lowest BCUT2D eigenvalue weighted by molar-refractivity contribution is -0.179. The van der Waals surface area contributed by atoms with Crippen LogP contribution in [0.1, 0.15) is 26.3 Å². The van der Waals surface area contributed by atoms with Crippen molar-refractivity contribution in [1.29, 1.82) is 0 Å². The first-order valence-corrected chi connectivity index (χ1v) is 12.1. The Morgan fingerprint density at radius 1 is 1.03 bits per heavy atom. The molecule has 10 nitrogen and oxygen atoms in total. The van der Waals surface area contributed by atoms with E-state index < -0.39 is 58.6 Å². The lowest BCUT2D eigenvalue weighted by Gasteiger charge is -2.32. The van der Waals surface area contributed by atoms with Crippen LogP contribution in [0.4, 0.5) is 0 Å². The number of allylic oxidation sites excluding steroid dienone is 1. The van der Waals surface area contributed by atoms with Gasteiger partial charge in [0.2, 0.25) is 10.0 Å². The molecule has 1 aliphatic carbocycles. The van der Waals surface area contributed by atoms with Gasteiger partial charge in [-0.1, -0.05) is 17.7 Å². The molecule has 0 N–H and O–H groups in total. The number of benzene rings is 1. The van der Waals surface area contributed by atoms with E-state index in [1.165, 1.54) is 22.5 Å². The molecular formula is C23H27NO9S. The van der Waals surface area contributed by atoms with E-state index in [-0.39, 0.29) is 23.8 Å². The lowest BCUT2D eigenvalue weighted by atomic mass is 9.85. The van der Waals surface area contributed by atoms with Gasteiger partial charge >= 0.3 is 17.9 Å². The fourth-order valence-corrected chi connectivity index (χ4v) is 5.76. The highest BCUT2D eigenvalue weighted by molar-refractivity contribution is 7.89. The van der Waals surface area contributed by atoms with Crippen molar-refractivity contribution in [1.82, 2.24) is 4.31 Å². The zero-order valence-electron chi connectivity index (χ0n) is 19.3. The van der Waals surface area contributed by atoms with E-state index in [9.17, 15) is 27.6 Å². The molecule has 0 amide bonds. The van der Waals surface area contributed by atoms with Crippen LogP contribution in [0.3, 0.4) is 0 Å². The number of nitrogens with zero attached hydrogens (tertiary/aromatic N) is 1. The Balaban J connectivity index is 1.90. The molecular weight excluding hydrogens is 466 g/mol. The molecule has 184 valence electrons. The molecule has 0 spiro atoms. The number of aryl methyl sites for hydroxylation is 1. The minimum atomic E-state index is -3.83. The fraction of sp³-hybridized carbons (Fsp3) is 0.478. The smallest absolute Gasteiger partial charge is 0.303 e. The lowest BCUT2D eigenvalue weighted by Crippen LogP contribution is -2.47. The summed E-state index contributed by atoms with van der Waals surface area (Å²) in [4.78, 5) is 47.9. The van der Waals surface area contributed by atoms with E-state index in [0.29, 0.717) is 5.57 Å². The van der Waals surface area contributed by atoms with Gasteiger partial charge in [-0.05, 0) is 30.7 Å². The number of ketones is 1. The number of sulfonamides is 1. The van der Waals surface area contributed by atoms with Gasteiger partial charge in [0.15, 0.2) is 18.0 Å². The van der Waals surface area contributed by atoms with Gasteiger partial charge < -0.3 is 14.2 Å². The summed E-state index contributed by atoms with van der Waals surface area (Å²) < 4.78 is 43.2. The van der Waals surface area contributed by atoms with E-state index in [0.717, 1.165) is 26.3 Å². The minimum Gasteiger partial charge on any atom is -0.462 e. The van der Waals surface area contributed by atoms with E-state index in [4.69, 9.17) is 14.2 Å². The molecule has 34 heavy (non-hydrogen) atoms. The number of carbonyl (C=O) groups excluding carboxylic acids is 4. The average molecular weight is 494 g/mol. The fourth-order valence-electron chi connectivity index (χ4n) is 4.31. The van der Waals surface area contributed by atoms with Crippen LogP contribution in [0.5, 0.6) is 0 Å². The molecule has 0 radical (unpaired) electrons. The van der Waals surface area contributed by atoms with E-state index in [1.54, 1.807) is 12.1 Å². The highest BCUT2D eigenvalue weighted by atomic mass is 32.2. The highest BCUT2D eigenvalue weighted by Crippen LogP contribution is 2.41. The van der Waals surface area contributed by atoms with Gasteiger partial charge in [-0.3, -0.25) is 19.2 Å². The Hall–Kier alpha value is -3.05. The largest absolute Gasteiger partial charge is 0.462 e. The normalized spacial score (nSPS) is 21.9. The predicted molar refractivity (Wildman–Crippen MR) is 118 cm³/mol. The van der Waals surface area contributed by atoms with Crippen LogP contribution >= 0.6 is 0 Å². The SMILES string of the molecule is CC(=O)OC[C@H](OC(C)=O)[C@H](OC(C)=O)[C@H]1C(=O)C=C2CN(S(=O)(=O)c3ccc(C)cc3)C[C@@H]21. The predicted octanol–water partition coefficient (Wildman–Crippen LogP) is 1.17. The van der Waals surface area contributed by atoms with Crippen molar-refractivity contribution in [3.8, 4) is 0 Å². The van der Waals surface area contributed by atoms with Gasteiger partial charge in [0.1, 0.15) is 6.61 Å². The van der Waals surface area contributed by atoms with Crippen molar-refractivity contribution in [2.75, 3.05) is 19.7 Å². The molecule has 3 rings (SSSR count). The summed E-state index contributed by atoms with van der Waals surface area (Å²) in [5.41, 5.74) is 1.50. The molecule has 4 atom stereocenters. The van der Waals surface area contributed by atoms with Crippen molar-refractivity contribution in [3.05, 3.63) is 41.5 Å². The molecule has 1 saturated heterocycles. The number of rotatable bonds is 8. The van der Waals surface area contributed by atoms with Gasteiger partial charge in [0, 0.05) is 39.8 Å². The van der Waals surface area contributed by atoms with Gasteiger partial charge in [-0.15, -0.1) is 0 Å². The van der Waals surface area contributed by atoms with Crippen molar-refractivity contribution >= 4 is 33.7 Å². The van der Waals surface area contributed by atoms with Crippen molar-refractivity contribution in [2.45, 2.75) is 44.8 Å². The average Bonchev–Trinajstić information content (AvgIpc) is 3.26. The molecule has 1 aliphatic heterocycles. The molecule has 2 aliphatic rings. The Kier molecular flexibility index (Phi) is 7.57. The number of fused-ring (bicyclic) bond motifs is 1. The van der Waals surface area contributed by atoms with Crippen molar-refractivity contribution < 1.29 is 41.8 Å². The highest BCUT2D eigenvalue weighted by Gasteiger charge is 2.52. The van der Waals surface area contributed by atoms with Crippen molar-refractivity contribution in [2.24, 2.45) is 11.8 Å². The van der Waals surface area contributed by atoms with Crippen LogP contribution in [0.15, 0.2) is 40.8 Å². The summed E-state index contributed by atoms with van der Waals surface area (Å²) >= 11 is 0. The second-order valence-corrected chi connectivity index (χ2v) is 10.3. The molecule has 11 heteroatoms. The summed E-state index contributed by atoms with van der Waals surface area (Å²) in [6.45, 7) is 4.86. The van der Waals surface area contributed by atoms with E-state index >= 15 is 0 Å². The van der Waals surface area contributed by atoms with E-state index in [1.807, 2.05) is 6.92 Å². The number of esters is 3. The molecule has 1 aromatic rings. The molecule has 1 aromatic carbocycles. The van der Waals surface area contributed by atoms with Crippen LogP contribution in [-0.2, 0) is 43.4 Å². The summed E-state index contributed by atoms with van der Waals surface area (Å²) in [6.07, 6.45) is -1.16.